The Morgan fingerprint density at radius 2 is 1.38 bits per heavy atom. The number of benzene rings is 3. The molecule has 176 valence electrons. The van der Waals surface area contributed by atoms with Gasteiger partial charge in [0.1, 0.15) is 0 Å². The molecule has 0 bridgehead atoms. The van der Waals surface area contributed by atoms with Crippen molar-refractivity contribution in [3.8, 4) is 23.0 Å². The highest BCUT2D eigenvalue weighted by Gasteiger charge is 2.44. The van der Waals surface area contributed by atoms with Crippen LogP contribution in [0, 0.1) is 0 Å². The number of carbonyl (C=O) groups is 1. The lowest BCUT2D eigenvalue weighted by Crippen LogP contribution is -2.49. The van der Waals surface area contributed by atoms with Crippen LogP contribution in [0.3, 0.4) is 0 Å². The van der Waals surface area contributed by atoms with Crippen molar-refractivity contribution in [3.05, 3.63) is 82.4 Å². The summed E-state index contributed by atoms with van der Waals surface area (Å²) in [6.45, 7) is 0.553. The molecule has 0 unspecified atom stereocenters. The number of aryl methyl sites for hydroxylation is 1. The molecule has 2 aliphatic rings. The number of hydrogen-bond donors (Lipinski definition) is 0. The number of rotatable bonds is 6. The fourth-order valence-corrected chi connectivity index (χ4v) is 5.44. The van der Waals surface area contributed by atoms with E-state index in [1.165, 1.54) is 5.56 Å². The molecule has 5 rings (SSSR count). The lowest BCUT2D eigenvalue weighted by Gasteiger charge is -2.46. The van der Waals surface area contributed by atoms with Gasteiger partial charge in [-0.1, -0.05) is 30.3 Å². The van der Waals surface area contributed by atoms with Crippen LogP contribution >= 0.6 is 0 Å². The van der Waals surface area contributed by atoms with Crippen molar-refractivity contribution in [2.24, 2.45) is 0 Å². The minimum absolute atomic E-state index is 0.0141. The molecule has 0 radical (unpaired) electrons. The van der Waals surface area contributed by atoms with Crippen LogP contribution in [0.1, 0.15) is 45.0 Å². The summed E-state index contributed by atoms with van der Waals surface area (Å²) in [6, 6.07) is 18.1. The number of amides is 1. The Bertz CT molecular complexity index is 1220. The Kier molecular flexibility index (Phi) is 5.82. The third-order valence-electron chi connectivity index (χ3n) is 7.05. The van der Waals surface area contributed by atoms with E-state index in [1.54, 1.807) is 28.4 Å². The molecule has 0 saturated heterocycles. The van der Waals surface area contributed by atoms with Crippen molar-refractivity contribution in [1.29, 1.82) is 0 Å². The maximum atomic E-state index is 13.9. The zero-order valence-corrected chi connectivity index (χ0v) is 20.0. The summed E-state index contributed by atoms with van der Waals surface area (Å²) >= 11 is 0. The van der Waals surface area contributed by atoms with Crippen LogP contribution in [0.5, 0.6) is 23.0 Å². The van der Waals surface area contributed by atoms with Crippen LogP contribution in [-0.4, -0.2) is 45.3 Å². The molecule has 0 fully saturated rings. The van der Waals surface area contributed by atoms with Gasteiger partial charge >= 0.3 is 0 Å². The molecule has 0 spiro atoms. The predicted molar refractivity (Wildman–Crippen MR) is 129 cm³/mol. The van der Waals surface area contributed by atoms with Crippen molar-refractivity contribution in [3.63, 3.8) is 0 Å². The Balaban J connectivity index is 1.71. The SMILES string of the molecule is COc1cc2c(cc1OC)[C@H]1c3cc(OC)c(OC)cc3C(=O)N(Cc3ccccc3)[C@@H]1CC2. The van der Waals surface area contributed by atoms with E-state index in [1.807, 2.05) is 35.2 Å². The Hall–Kier alpha value is -3.67. The van der Waals surface area contributed by atoms with Crippen molar-refractivity contribution >= 4 is 5.91 Å². The molecular weight excluding hydrogens is 430 g/mol. The number of ether oxygens (including phenoxy) is 4. The van der Waals surface area contributed by atoms with Crippen molar-refractivity contribution in [2.45, 2.75) is 31.3 Å². The first-order valence-electron chi connectivity index (χ1n) is 11.4. The van der Waals surface area contributed by atoms with Gasteiger partial charge < -0.3 is 23.8 Å². The van der Waals surface area contributed by atoms with E-state index in [9.17, 15) is 4.79 Å². The lowest BCUT2D eigenvalue weighted by molar-refractivity contribution is 0.0585. The summed E-state index contributed by atoms with van der Waals surface area (Å²) in [5.41, 5.74) is 5.10. The molecule has 1 amide bonds. The zero-order valence-electron chi connectivity index (χ0n) is 20.0. The Morgan fingerprint density at radius 1 is 0.794 bits per heavy atom. The zero-order chi connectivity index (χ0) is 23.8. The molecule has 3 aromatic carbocycles. The van der Waals surface area contributed by atoms with Crippen molar-refractivity contribution in [2.75, 3.05) is 28.4 Å². The van der Waals surface area contributed by atoms with E-state index in [2.05, 4.69) is 24.3 Å². The Labute approximate surface area is 200 Å². The monoisotopic (exact) mass is 459 g/mol. The van der Waals surface area contributed by atoms with Gasteiger partial charge in [-0.05, 0) is 59.4 Å². The second kappa shape index (κ2) is 8.93. The van der Waals surface area contributed by atoms with Crippen LogP contribution < -0.4 is 18.9 Å². The average Bonchev–Trinajstić information content (AvgIpc) is 2.89. The van der Waals surface area contributed by atoms with E-state index in [0.29, 0.717) is 29.4 Å². The first kappa shape index (κ1) is 22.1. The molecule has 0 aromatic heterocycles. The summed E-state index contributed by atoms with van der Waals surface area (Å²) < 4.78 is 22.4. The molecule has 1 aliphatic carbocycles. The van der Waals surface area contributed by atoms with Gasteiger partial charge in [-0.2, -0.15) is 0 Å². The van der Waals surface area contributed by atoms with Gasteiger partial charge in [-0.15, -0.1) is 0 Å². The van der Waals surface area contributed by atoms with Crippen LogP contribution in [-0.2, 0) is 13.0 Å². The van der Waals surface area contributed by atoms with Gasteiger partial charge in [-0.25, -0.2) is 0 Å². The lowest BCUT2D eigenvalue weighted by atomic mass is 9.71. The first-order chi connectivity index (χ1) is 16.6. The fraction of sp³-hybridized carbons (Fsp3) is 0.321. The van der Waals surface area contributed by atoms with Gasteiger partial charge in [-0.3, -0.25) is 4.79 Å². The maximum absolute atomic E-state index is 13.9. The van der Waals surface area contributed by atoms with E-state index < -0.39 is 0 Å². The van der Waals surface area contributed by atoms with E-state index in [0.717, 1.165) is 35.3 Å². The van der Waals surface area contributed by atoms with Gasteiger partial charge in [0.15, 0.2) is 23.0 Å². The standard InChI is InChI=1S/C28H29NO5/c1-31-23-12-18-10-11-22-27(19(18)13-24(23)32-2)20-14-25(33-3)26(34-4)15-21(20)28(30)29(22)16-17-8-6-5-7-9-17/h5-9,12-15,22,27H,10-11,16H2,1-4H3/t22-,27+/m1/s1. The quantitative estimate of drug-likeness (QED) is 0.529. The second-order valence-electron chi connectivity index (χ2n) is 8.70. The predicted octanol–water partition coefficient (Wildman–Crippen LogP) is 4.82. The molecule has 2 atom stereocenters. The first-order valence-corrected chi connectivity index (χ1v) is 11.4. The number of carbonyl (C=O) groups excluding carboxylic acids is 1. The summed E-state index contributed by atoms with van der Waals surface area (Å²) in [7, 11) is 6.52. The molecular formula is C28H29NO5. The second-order valence-corrected chi connectivity index (χ2v) is 8.70. The number of nitrogens with zero attached hydrogens (tertiary/aromatic N) is 1. The van der Waals surface area contributed by atoms with Crippen LogP contribution in [0.2, 0.25) is 0 Å². The van der Waals surface area contributed by atoms with Crippen LogP contribution in [0.15, 0.2) is 54.6 Å². The minimum Gasteiger partial charge on any atom is -0.493 e. The molecule has 1 aliphatic heterocycles. The largest absolute Gasteiger partial charge is 0.493 e. The summed E-state index contributed by atoms with van der Waals surface area (Å²) in [5.74, 6) is 2.59. The van der Waals surface area contributed by atoms with E-state index in [4.69, 9.17) is 18.9 Å². The Morgan fingerprint density at radius 3 is 2.03 bits per heavy atom. The van der Waals surface area contributed by atoms with Gasteiger partial charge in [0.25, 0.3) is 5.91 Å². The van der Waals surface area contributed by atoms with Gasteiger partial charge in [0.05, 0.1) is 28.4 Å². The van der Waals surface area contributed by atoms with E-state index >= 15 is 0 Å². The molecule has 6 heteroatoms. The smallest absolute Gasteiger partial charge is 0.254 e. The summed E-state index contributed by atoms with van der Waals surface area (Å²) in [6.07, 6.45) is 1.72. The van der Waals surface area contributed by atoms with Crippen LogP contribution in [0.4, 0.5) is 0 Å². The molecule has 6 nitrogen and oxygen atoms in total. The minimum atomic E-state index is -0.0141. The third kappa shape index (κ3) is 3.54. The fourth-order valence-electron chi connectivity index (χ4n) is 5.44. The van der Waals surface area contributed by atoms with Gasteiger partial charge in [0, 0.05) is 24.1 Å². The van der Waals surface area contributed by atoms with Crippen LogP contribution in [0.25, 0.3) is 0 Å². The molecule has 1 heterocycles. The molecule has 3 aromatic rings. The normalized spacial score (nSPS) is 18.5. The highest BCUT2D eigenvalue weighted by Crippen LogP contribution is 2.49. The average molecular weight is 460 g/mol. The third-order valence-corrected chi connectivity index (χ3v) is 7.05. The van der Waals surface area contributed by atoms with E-state index in [-0.39, 0.29) is 17.9 Å². The van der Waals surface area contributed by atoms with Crippen molar-refractivity contribution < 1.29 is 23.7 Å². The molecule has 0 N–H and O–H groups in total. The molecule has 34 heavy (non-hydrogen) atoms. The van der Waals surface area contributed by atoms with Gasteiger partial charge in [0.2, 0.25) is 0 Å². The van der Waals surface area contributed by atoms with Crippen molar-refractivity contribution in [1.82, 2.24) is 4.90 Å². The summed E-state index contributed by atoms with van der Waals surface area (Å²) in [4.78, 5) is 15.9. The number of methoxy groups -OCH3 is 4. The summed E-state index contributed by atoms with van der Waals surface area (Å²) in [5, 5.41) is 0. The number of fused-ring (bicyclic) bond motifs is 5. The molecule has 0 saturated carbocycles. The highest BCUT2D eigenvalue weighted by molar-refractivity contribution is 5.98. The number of hydrogen-bond acceptors (Lipinski definition) is 5. The maximum Gasteiger partial charge on any atom is 0.254 e. The topological polar surface area (TPSA) is 57.2 Å². The highest BCUT2D eigenvalue weighted by atomic mass is 16.5.